The van der Waals surface area contributed by atoms with E-state index in [0.29, 0.717) is 11.6 Å². The lowest BCUT2D eigenvalue weighted by molar-refractivity contribution is -0.139. The second kappa shape index (κ2) is 9.71. The Hall–Kier alpha value is -2.57. The maximum atomic E-state index is 12.4. The highest BCUT2D eigenvalue weighted by molar-refractivity contribution is 6.35. The molecule has 1 atom stereocenters. The highest BCUT2D eigenvalue weighted by Crippen LogP contribution is 2.32. The Morgan fingerprint density at radius 2 is 1.77 bits per heavy atom. The van der Waals surface area contributed by atoms with Gasteiger partial charge in [0, 0.05) is 37.4 Å². The number of rotatable bonds is 6. The molecule has 2 aliphatic rings. The molecule has 0 aromatic heterocycles. The van der Waals surface area contributed by atoms with E-state index in [1.807, 2.05) is 18.2 Å². The minimum absolute atomic E-state index is 0.0685. The third kappa shape index (κ3) is 5.02. The highest BCUT2D eigenvalue weighted by atomic mass is 35.5. The van der Waals surface area contributed by atoms with Gasteiger partial charge in [-0.3, -0.25) is 14.5 Å². The Kier molecular flexibility index (Phi) is 6.78. The van der Waals surface area contributed by atoms with Crippen LogP contribution in [0.5, 0.6) is 0 Å². The van der Waals surface area contributed by atoms with E-state index in [1.54, 1.807) is 6.07 Å². The molecule has 2 heterocycles. The standard InChI is InChI=1S/C24H29ClN4O2/c1-28-13-10-18-14-17(8-9-21(18)28)22(29-11-4-5-12-29)16-27-24(31)23(30)26-15-19-6-2-3-7-20(19)25/h2-3,6-9,14,22H,4-5,10-13,15-16H2,1H3,(H,26,30)(H,27,31). The Balaban J connectivity index is 1.39. The van der Waals surface area contributed by atoms with Crippen molar-refractivity contribution >= 4 is 29.1 Å². The first-order valence-electron chi connectivity index (χ1n) is 10.9. The first-order chi connectivity index (χ1) is 15.0. The smallest absolute Gasteiger partial charge is 0.309 e. The average molecular weight is 441 g/mol. The number of nitrogens with one attached hydrogen (secondary N) is 2. The Morgan fingerprint density at radius 1 is 1.03 bits per heavy atom. The van der Waals surface area contributed by atoms with Crippen molar-refractivity contribution in [1.82, 2.24) is 15.5 Å². The van der Waals surface area contributed by atoms with Crippen LogP contribution in [0, 0.1) is 0 Å². The predicted octanol–water partition coefficient (Wildman–Crippen LogP) is 2.90. The summed E-state index contributed by atoms with van der Waals surface area (Å²) in [6.45, 7) is 3.69. The first kappa shape index (κ1) is 21.7. The minimum atomic E-state index is -0.643. The van der Waals surface area contributed by atoms with Gasteiger partial charge in [-0.15, -0.1) is 0 Å². The topological polar surface area (TPSA) is 64.7 Å². The van der Waals surface area contributed by atoms with Gasteiger partial charge in [-0.1, -0.05) is 41.9 Å². The summed E-state index contributed by atoms with van der Waals surface area (Å²) in [6, 6.07) is 13.9. The van der Waals surface area contributed by atoms with Gasteiger partial charge in [0.05, 0.1) is 6.04 Å². The van der Waals surface area contributed by atoms with Gasteiger partial charge in [-0.2, -0.15) is 0 Å². The average Bonchev–Trinajstić information content (AvgIpc) is 3.43. The molecule has 0 aliphatic carbocycles. The van der Waals surface area contributed by atoms with Crippen molar-refractivity contribution in [3.63, 3.8) is 0 Å². The lowest BCUT2D eigenvalue weighted by atomic mass is 10.0. The molecule has 0 spiro atoms. The van der Waals surface area contributed by atoms with E-state index in [4.69, 9.17) is 11.6 Å². The summed E-state index contributed by atoms with van der Waals surface area (Å²) >= 11 is 6.12. The molecular weight excluding hydrogens is 412 g/mol. The zero-order valence-electron chi connectivity index (χ0n) is 17.9. The van der Waals surface area contributed by atoms with Crippen molar-refractivity contribution in [1.29, 1.82) is 0 Å². The molecule has 1 unspecified atom stereocenters. The molecule has 0 radical (unpaired) electrons. The maximum absolute atomic E-state index is 12.4. The van der Waals surface area contributed by atoms with Crippen LogP contribution in [0.4, 0.5) is 5.69 Å². The highest BCUT2D eigenvalue weighted by Gasteiger charge is 2.27. The molecule has 2 N–H and O–H groups in total. The molecule has 0 saturated carbocycles. The Morgan fingerprint density at radius 3 is 2.55 bits per heavy atom. The van der Waals surface area contributed by atoms with Crippen molar-refractivity contribution in [2.45, 2.75) is 31.8 Å². The summed E-state index contributed by atoms with van der Waals surface area (Å²) in [6.07, 6.45) is 3.37. The quantitative estimate of drug-likeness (QED) is 0.678. The molecule has 2 aromatic carbocycles. The molecule has 2 aromatic rings. The van der Waals surface area contributed by atoms with Gasteiger partial charge in [-0.05, 0) is 61.2 Å². The molecule has 2 amide bonds. The predicted molar refractivity (Wildman–Crippen MR) is 123 cm³/mol. The van der Waals surface area contributed by atoms with Crippen LogP contribution in [-0.4, -0.2) is 49.9 Å². The lowest BCUT2D eigenvalue weighted by Gasteiger charge is -2.28. The van der Waals surface area contributed by atoms with E-state index >= 15 is 0 Å². The lowest BCUT2D eigenvalue weighted by Crippen LogP contribution is -2.43. The first-order valence-corrected chi connectivity index (χ1v) is 11.3. The van der Waals surface area contributed by atoms with Gasteiger partial charge in [0.25, 0.3) is 0 Å². The number of likely N-dealkylation sites (tertiary alicyclic amines) is 1. The van der Waals surface area contributed by atoms with Crippen LogP contribution in [0.3, 0.4) is 0 Å². The van der Waals surface area contributed by atoms with Crippen LogP contribution in [0.25, 0.3) is 0 Å². The molecule has 7 heteroatoms. The number of carbonyl (C=O) groups excluding carboxylic acids is 2. The van der Waals surface area contributed by atoms with E-state index in [2.05, 4.69) is 45.7 Å². The van der Waals surface area contributed by atoms with Crippen molar-refractivity contribution in [3.8, 4) is 0 Å². The van der Waals surface area contributed by atoms with Crippen LogP contribution in [0.15, 0.2) is 42.5 Å². The monoisotopic (exact) mass is 440 g/mol. The number of hydrogen-bond donors (Lipinski definition) is 2. The van der Waals surface area contributed by atoms with Crippen LogP contribution in [0.2, 0.25) is 5.02 Å². The van der Waals surface area contributed by atoms with Gasteiger partial charge in [0.15, 0.2) is 0 Å². The number of nitrogens with zero attached hydrogens (tertiary/aromatic N) is 2. The number of halogens is 1. The van der Waals surface area contributed by atoms with E-state index in [1.165, 1.54) is 16.8 Å². The van der Waals surface area contributed by atoms with Gasteiger partial charge < -0.3 is 15.5 Å². The molecule has 2 aliphatic heterocycles. The number of carbonyl (C=O) groups is 2. The number of amides is 2. The van der Waals surface area contributed by atoms with E-state index < -0.39 is 11.8 Å². The zero-order valence-corrected chi connectivity index (χ0v) is 18.6. The Labute approximate surface area is 188 Å². The Bertz CT molecular complexity index is 958. The van der Waals surface area contributed by atoms with Crippen LogP contribution in [0.1, 0.15) is 35.6 Å². The van der Waals surface area contributed by atoms with Gasteiger partial charge in [0.1, 0.15) is 0 Å². The third-order valence-electron chi connectivity index (χ3n) is 6.26. The summed E-state index contributed by atoms with van der Waals surface area (Å²) in [5, 5.41) is 6.08. The van der Waals surface area contributed by atoms with E-state index in [0.717, 1.165) is 44.5 Å². The second-order valence-corrected chi connectivity index (χ2v) is 8.71. The second-order valence-electron chi connectivity index (χ2n) is 8.30. The SMILES string of the molecule is CN1CCc2cc(C(CNC(=O)C(=O)NCc3ccccc3Cl)N3CCCC3)ccc21. The van der Waals surface area contributed by atoms with Gasteiger partial charge in [-0.25, -0.2) is 0 Å². The van der Waals surface area contributed by atoms with Crippen molar-refractivity contribution < 1.29 is 9.59 Å². The minimum Gasteiger partial charge on any atom is -0.374 e. The van der Waals surface area contributed by atoms with Crippen LogP contribution < -0.4 is 15.5 Å². The van der Waals surface area contributed by atoms with E-state index in [9.17, 15) is 9.59 Å². The molecule has 1 fully saturated rings. The maximum Gasteiger partial charge on any atom is 0.309 e. The molecule has 6 nitrogen and oxygen atoms in total. The van der Waals surface area contributed by atoms with E-state index in [-0.39, 0.29) is 12.6 Å². The normalized spacial score (nSPS) is 16.8. The number of hydrogen-bond acceptors (Lipinski definition) is 4. The number of benzene rings is 2. The summed E-state index contributed by atoms with van der Waals surface area (Å²) in [5.74, 6) is -1.26. The van der Waals surface area contributed by atoms with Gasteiger partial charge >= 0.3 is 11.8 Å². The van der Waals surface area contributed by atoms with Crippen LogP contribution >= 0.6 is 11.6 Å². The van der Waals surface area contributed by atoms with Crippen molar-refractivity contribution in [2.24, 2.45) is 0 Å². The number of fused-ring (bicyclic) bond motifs is 1. The molecule has 4 rings (SSSR count). The number of anilines is 1. The molecule has 1 saturated heterocycles. The molecular formula is C24H29ClN4O2. The summed E-state index contributed by atoms with van der Waals surface area (Å²) in [4.78, 5) is 29.4. The fourth-order valence-electron chi connectivity index (χ4n) is 4.47. The zero-order chi connectivity index (χ0) is 21.8. The van der Waals surface area contributed by atoms with Crippen molar-refractivity contribution in [2.75, 3.05) is 38.1 Å². The summed E-state index contributed by atoms with van der Waals surface area (Å²) in [7, 11) is 2.12. The van der Waals surface area contributed by atoms with Gasteiger partial charge in [0.2, 0.25) is 0 Å². The fraction of sp³-hybridized carbons (Fsp3) is 0.417. The molecule has 0 bridgehead atoms. The van der Waals surface area contributed by atoms with Crippen molar-refractivity contribution in [3.05, 3.63) is 64.2 Å². The molecule has 164 valence electrons. The largest absolute Gasteiger partial charge is 0.374 e. The third-order valence-corrected chi connectivity index (χ3v) is 6.63. The number of likely N-dealkylation sites (N-methyl/N-ethyl adjacent to an activating group) is 1. The summed E-state index contributed by atoms with van der Waals surface area (Å²) in [5.41, 5.74) is 4.62. The summed E-state index contributed by atoms with van der Waals surface area (Å²) < 4.78 is 0. The van der Waals surface area contributed by atoms with Crippen LogP contribution in [-0.2, 0) is 22.6 Å². The molecule has 31 heavy (non-hydrogen) atoms. The fourth-order valence-corrected chi connectivity index (χ4v) is 4.67.